The minimum atomic E-state index is -1.28. The number of nitrogens with zero attached hydrogens (tertiary/aromatic N) is 1. The smallest absolute Gasteiger partial charge is 0.322 e. The second-order valence-electron chi connectivity index (χ2n) is 7.38. The molecule has 1 unspecified atom stereocenters. The summed E-state index contributed by atoms with van der Waals surface area (Å²) in [7, 11) is 0. The van der Waals surface area contributed by atoms with Gasteiger partial charge in [-0.05, 0) is 18.2 Å². The Kier molecular flexibility index (Phi) is 8.32. The average molecular weight is 572 g/mol. The number of aliphatic imine (C=N–C) groups is 1. The Balaban J connectivity index is 1.74. The number of aromatic amines is 1. The normalized spacial score (nSPS) is 15.9. The summed E-state index contributed by atoms with van der Waals surface area (Å²) in [4.78, 5) is 54.8. The molecule has 0 spiro atoms. The third kappa shape index (κ3) is 6.94. The molecule has 15 heteroatoms. The van der Waals surface area contributed by atoms with E-state index in [0.717, 1.165) is 6.20 Å². The lowest BCUT2D eigenvalue weighted by Crippen LogP contribution is -2.43. The number of benzene rings is 1. The van der Waals surface area contributed by atoms with Crippen LogP contribution in [-0.4, -0.2) is 63.4 Å². The monoisotopic (exact) mass is 570 g/mol. The number of aliphatic hydroxyl groups is 1. The fourth-order valence-electron chi connectivity index (χ4n) is 3.09. The molecule has 1 aromatic carbocycles. The number of halogens is 2. The van der Waals surface area contributed by atoms with Crippen molar-refractivity contribution >= 4 is 57.1 Å². The summed E-state index contributed by atoms with van der Waals surface area (Å²) in [6.45, 7) is 0.351. The number of phenolic OH excluding ortho intramolecular Hbond substituents is 1. The summed E-state index contributed by atoms with van der Waals surface area (Å²) >= 11 is 9.12. The standard InChI is InChI=1S/C20H20BrClN6O7/c21-9-2-11(16(32)12(22)3-9)13(4-15(30)31)27-20(35)28-17(33)8-1-14(18(34)23-5-8)26-19-24-6-10(29)7-25-19/h1-3,5,10,13,29,32H,4,6-7H2,(H,23,34)(H,30,31)(H2,24,25,26)(H2,27,28,33,35)/t13-/m0/s1. The number of carbonyl (C=O) groups excluding carboxylic acids is 2. The van der Waals surface area contributed by atoms with Gasteiger partial charge in [0.15, 0.2) is 5.96 Å². The molecule has 0 bridgehead atoms. The van der Waals surface area contributed by atoms with Crippen LogP contribution >= 0.6 is 27.5 Å². The van der Waals surface area contributed by atoms with Gasteiger partial charge in [-0.15, -0.1) is 0 Å². The first-order valence-corrected chi connectivity index (χ1v) is 11.2. The maximum absolute atomic E-state index is 12.6. The number of β-amino-alcohol motifs (C(OH)–C–C–N with tert-alkyl or cyclic N) is 1. The summed E-state index contributed by atoms with van der Waals surface area (Å²) < 4.78 is 0.434. The van der Waals surface area contributed by atoms with Gasteiger partial charge in [-0.25, -0.2) is 4.79 Å². The number of hydrogen-bond donors (Lipinski definition) is 8. The molecule has 0 saturated carbocycles. The van der Waals surface area contributed by atoms with Crippen molar-refractivity contribution in [3.8, 4) is 5.75 Å². The second kappa shape index (κ2) is 11.2. The van der Waals surface area contributed by atoms with Gasteiger partial charge in [-0.3, -0.25) is 24.7 Å². The number of anilines is 1. The number of carboxylic acids is 1. The molecule has 2 aromatic rings. The van der Waals surface area contributed by atoms with Gasteiger partial charge in [0.1, 0.15) is 11.4 Å². The molecular formula is C20H20BrClN6O7. The van der Waals surface area contributed by atoms with Gasteiger partial charge in [0, 0.05) is 22.8 Å². The minimum Gasteiger partial charge on any atom is -0.506 e. The Morgan fingerprint density at radius 2 is 2.03 bits per heavy atom. The topological polar surface area (TPSA) is 205 Å². The van der Waals surface area contributed by atoms with Crippen LogP contribution in [0.2, 0.25) is 5.02 Å². The van der Waals surface area contributed by atoms with Crippen molar-refractivity contribution in [1.29, 1.82) is 0 Å². The summed E-state index contributed by atoms with van der Waals surface area (Å²) in [5, 5.41) is 38.7. The molecule has 0 aliphatic carbocycles. The van der Waals surface area contributed by atoms with Crippen LogP contribution < -0.4 is 26.8 Å². The molecule has 13 nitrogen and oxygen atoms in total. The number of imide groups is 1. The molecule has 0 saturated heterocycles. The Labute approximate surface area is 210 Å². The Hall–Kier alpha value is -3.62. The first-order chi connectivity index (χ1) is 16.5. The van der Waals surface area contributed by atoms with Crippen LogP contribution in [-0.2, 0) is 4.79 Å². The van der Waals surface area contributed by atoms with E-state index >= 15 is 0 Å². The van der Waals surface area contributed by atoms with Gasteiger partial charge in [0.2, 0.25) is 0 Å². The Bertz CT molecular complexity index is 1250. The number of aromatic hydroxyl groups is 1. The van der Waals surface area contributed by atoms with Gasteiger partial charge >= 0.3 is 12.0 Å². The lowest BCUT2D eigenvalue weighted by molar-refractivity contribution is -0.137. The van der Waals surface area contributed by atoms with Gasteiger partial charge in [0.25, 0.3) is 11.5 Å². The molecule has 8 N–H and O–H groups in total. The number of pyridine rings is 1. The van der Waals surface area contributed by atoms with Crippen molar-refractivity contribution in [2.24, 2.45) is 4.99 Å². The number of urea groups is 1. The van der Waals surface area contributed by atoms with Crippen LogP contribution in [0, 0.1) is 0 Å². The fraction of sp³-hybridized carbons (Fsp3) is 0.250. The number of nitrogens with one attached hydrogen (secondary N) is 5. The van der Waals surface area contributed by atoms with Crippen LogP contribution in [0.4, 0.5) is 10.5 Å². The molecule has 2 heterocycles. The van der Waals surface area contributed by atoms with E-state index in [2.05, 4.69) is 41.9 Å². The van der Waals surface area contributed by atoms with Crippen LogP contribution in [0.3, 0.4) is 0 Å². The lowest BCUT2D eigenvalue weighted by atomic mass is 10.0. The molecule has 3 rings (SSSR count). The number of phenols is 1. The Morgan fingerprint density at radius 3 is 2.69 bits per heavy atom. The predicted molar refractivity (Wildman–Crippen MR) is 129 cm³/mol. The van der Waals surface area contributed by atoms with E-state index < -0.39 is 47.8 Å². The molecule has 35 heavy (non-hydrogen) atoms. The average Bonchev–Trinajstić information content (AvgIpc) is 2.78. The van der Waals surface area contributed by atoms with E-state index in [0.29, 0.717) is 4.47 Å². The zero-order chi connectivity index (χ0) is 25.7. The number of aliphatic carboxylic acids is 1. The third-order valence-corrected chi connectivity index (χ3v) is 5.47. The van der Waals surface area contributed by atoms with E-state index in [1.54, 1.807) is 0 Å². The zero-order valence-electron chi connectivity index (χ0n) is 17.8. The van der Waals surface area contributed by atoms with Gasteiger partial charge in [-0.2, -0.15) is 0 Å². The number of aromatic nitrogens is 1. The summed E-state index contributed by atoms with van der Waals surface area (Å²) in [5.74, 6) is -2.38. The van der Waals surface area contributed by atoms with Crippen molar-refractivity contribution in [3.63, 3.8) is 0 Å². The maximum atomic E-state index is 12.6. The molecule has 1 aliphatic rings. The van der Waals surface area contributed by atoms with Gasteiger partial charge in [0.05, 0.1) is 35.7 Å². The molecule has 1 aliphatic heterocycles. The number of H-pyrrole nitrogens is 1. The first-order valence-electron chi connectivity index (χ1n) is 10.0. The second-order valence-corrected chi connectivity index (χ2v) is 8.71. The summed E-state index contributed by atoms with van der Waals surface area (Å²) in [5.41, 5.74) is -0.680. The number of hydrogen-bond acceptors (Lipinski definition) is 9. The highest BCUT2D eigenvalue weighted by Gasteiger charge is 2.24. The van der Waals surface area contributed by atoms with Crippen molar-refractivity contribution in [1.82, 2.24) is 20.9 Å². The van der Waals surface area contributed by atoms with E-state index in [-0.39, 0.29) is 40.9 Å². The minimum absolute atomic E-state index is 0.0239. The molecule has 3 amide bonds. The van der Waals surface area contributed by atoms with Crippen LogP contribution in [0.5, 0.6) is 5.75 Å². The molecule has 0 radical (unpaired) electrons. The third-order valence-electron chi connectivity index (χ3n) is 4.73. The maximum Gasteiger partial charge on any atom is 0.322 e. The zero-order valence-corrected chi connectivity index (χ0v) is 20.1. The van der Waals surface area contributed by atoms with Crippen molar-refractivity contribution in [2.45, 2.75) is 18.6 Å². The lowest BCUT2D eigenvalue weighted by Gasteiger charge is -2.20. The molecule has 0 fully saturated rings. The van der Waals surface area contributed by atoms with Crippen LogP contribution in [0.1, 0.15) is 28.4 Å². The largest absolute Gasteiger partial charge is 0.506 e. The van der Waals surface area contributed by atoms with Crippen molar-refractivity contribution < 1.29 is 29.7 Å². The van der Waals surface area contributed by atoms with Crippen molar-refractivity contribution in [2.75, 3.05) is 18.4 Å². The molecule has 2 atom stereocenters. The summed E-state index contributed by atoms with van der Waals surface area (Å²) in [6, 6.07) is 1.68. The van der Waals surface area contributed by atoms with E-state index in [1.807, 2.05) is 5.32 Å². The highest BCUT2D eigenvalue weighted by Crippen LogP contribution is 2.36. The number of guanidine groups is 1. The number of aliphatic hydroxyl groups excluding tert-OH is 1. The molecular weight excluding hydrogens is 552 g/mol. The molecule has 186 valence electrons. The number of amides is 3. The van der Waals surface area contributed by atoms with E-state index in [4.69, 9.17) is 11.6 Å². The van der Waals surface area contributed by atoms with Crippen LogP contribution in [0.15, 0.2) is 38.7 Å². The fourth-order valence-corrected chi connectivity index (χ4v) is 3.92. The predicted octanol–water partition coefficient (Wildman–Crippen LogP) is 0.884. The molecule has 1 aromatic heterocycles. The van der Waals surface area contributed by atoms with Gasteiger partial charge < -0.3 is 36.3 Å². The number of carbonyl (C=O) groups is 3. The highest BCUT2D eigenvalue weighted by molar-refractivity contribution is 9.10. The van der Waals surface area contributed by atoms with Crippen LogP contribution in [0.25, 0.3) is 0 Å². The SMILES string of the molecule is O=C(O)C[C@H](NC(=O)NC(=O)c1c[nH]c(=O)c(NC2=NCC(O)CN2)c1)c1cc(Br)cc(Cl)c1O. The van der Waals surface area contributed by atoms with E-state index in [9.17, 15) is 34.5 Å². The quantitative estimate of drug-likeness (QED) is 0.247. The summed E-state index contributed by atoms with van der Waals surface area (Å²) in [6.07, 6.45) is -0.183. The Morgan fingerprint density at radius 1 is 1.29 bits per heavy atom. The highest BCUT2D eigenvalue weighted by atomic mass is 79.9. The number of carboxylic acid groups (broad SMARTS) is 1. The van der Waals surface area contributed by atoms with E-state index in [1.165, 1.54) is 18.2 Å². The number of rotatable bonds is 6. The van der Waals surface area contributed by atoms with Crippen molar-refractivity contribution in [3.05, 3.63) is 55.4 Å². The first kappa shape index (κ1) is 26.0. The van der Waals surface area contributed by atoms with Gasteiger partial charge in [-0.1, -0.05) is 27.5 Å².